The summed E-state index contributed by atoms with van der Waals surface area (Å²) >= 11 is 0. The number of carboxylic acids is 1. The van der Waals surface area contributed by atoms with E-state index in [1.54, 1.807) is 12.3 Å². The van der Waals surface area contributed by atoms with Gasteiger partial charge in [-0.15, -0.1) is 0 Å². The fraction of sp³-hybridized carbons (Fsp3) is 0.500. The van der Waals surface area contributed by atoms with Crippen LogP contribution in [0.3, 0.4) is 0 Å². The van der Waals surface area contributed by atoms with E-state index in [0.29, 0.717) is 11.5 Å². The number of nitrogens with zero attached hydrogens (tertiary/aromatic N) is 2. The van der Waals surface area contributed by atoms with Crippen molar-refractivity contribution in [3.8, 4) is 0 Å². The fourth-order valence-corrected chi connectivity index (χ4v) is 2.12. The first-order valence-electron chi connectivity index (χ1n) is 5.61. The summed E-state index contributed by atoms with van der Waals surface area (Å²) in [5.41, 5.74) is 0.309. The van der Waals surface area contributed by atoms with Gasteiger partial charge >= 0.3 is 5.97 Å². The molecule has 4 nitrogen and oxygen atoms in total. The molecule has 0 amide bonds. The molecule has 4 heteroatoms. The van der Waals surface area contributed by atoms with Gasteiger partial charge in [0.25, 0.3) is 0 Å². The predicted molar refractivity (Wildman–Crippen MR) is 61.8 cm³/mol. The molecule has 86 valence electrons. The lowest BCUT2D eigenvalue weighted by Crippen LogP contribution is -2.34. The Morgan fingerprint density at radius 3 is 3.12 bits per heavy atom. The maximum atomic E-state index is 10.9. The Labute approximate surface area is 94.9 Å². The van der Waals surface area contributed by atoms with Gasteiger partial charge in [0.2, 0.25) is 0 Å². The highest BCUT2D eigenvalue weighted by Gasteiger charge is 2.18. The van der Waals surface area contributed by atoms with Gasteiger partial charge in [-0.1, -0.05) is 6.92 Å². The molecular weight excluding hydrogens is 204 g/mol. The Morgan fingerprint density at radius 2 is 2.44 bits per heavy atom. The van der Waals surface area contributed by atoms with Crippen LogP contribution in [0.2, 0.25) is 0 Å². The molecule has 0 saturated carbocycles. The lowest BCUT2D eigenvalue weighted by Gasteiger charge is -2.31. The zero-order valence-electron chi connectivity index (χ0n) is 9.39. The van der Waals surface area contributed by atoms with Gasteiger partial charge in [0, 0.05) is 19.3 Å². The summed E-state index contributed by atoms with van der Waals surface area (Å²) in [6.07, 6.45) is 3.97. The van der Waals surface area contributed by atoms with Gasteiger partial charge in [0.1, 0.15) is 5.82 Å². The molecule has 1 aromatic rings. The molecule has 1 aliphatic rings. The van der Waals surface area contributed by atoms with Crippen molar-refractivity contribution in [3.63, 3.8) is 0 Å². The Kier molecular flexibility index (Phi) is 3.08. The molecule has 1 atom stereocenters. The quantitative estimate of drug-likeness (QED) is 0.828. The van der Waals surface area contributed by atoms with Crippen molar-refractivity contribution >= 4 is 11.8 Å². The second kappa shape index (κ2) is 4.51. The minimum Gasteiger partial charge on any atom is -0.478 e. The fourth-order valence-electron chi connectivity index (χ4n) is 2.12. The Bertz CT molecular complexity index is 392. The SMILES string of the molecule is C[C@H]1CCCN(c2cc(C(=O)O)ccn2)C1. The molecule has 1 fully saturated rings. The van der Waals surface area contributed by atoms with Crippen LogP contribution >= 0.6 is 0 Å². The van der Waals surface area contributed by atoms with Crippen LogP contribution in [0.1, 0.15) is 30.1 Å². The van der Waals surface area contributed by atoms with Gasteiger partial charge in [-0.3, -0.25) is 0 Å². The van der Waals surface area contributed by atoms with Crippen LogP contribution in [-0.2, 0) is 0 Å². The zero-order chi connectivity index (χ0) is 11.5. The van der Waals surface area contributed by atoms with Gasteiger partial charge in [0.05, 0.1) is 5.56 Å². The minimum absolute atomic E-state index is 0.309. The maximum absolute atomic E-state index is 10.9. The van der Waals surface area contributed by atoms with E-state index >= 15 is 0 Å². The average molecular weight is 220 g/mol. The van der Waals surface area contributed by atoms with Crippen LogP contribution in [0.15, 0.2) is 18.3 Å². The summed E-state index contributed by atoms with van der Waals surface area (Å²) in [5.74, 6) is 0.546. The summed E-state index contributed by atoms with van der Waals surface area (Å²) in [6, 6.07) is 3.18. The van der Waals surface area contributed by atoms with E-state index in [2.05, 4.69) is 16.8 Å². The van der Waals surface area contributed by atoms with Crippen molar-refractivity contribution in [1.29, 1.82) is 0 Å². The number of pyridine rings is 1. The van der Waals surface area contributed by atoms with Gasteiger partial charge in [0.15, 0.2) is 0 Å². The van der Waals surface area contributed by atoms with Gasteiger partial charge in [-0.05, 0) is 30.9 Å². The molecule has 0 unspecified atom stereocenters. The molecular formula is C12H16N2O2. The minimum atomic E-state index is -0.895. The van der Waals surface area contributed by atoms with Crippen molar-refractivity contribution in [3.05, 3.63) is 23.9 Å². The van der Waals surface area contributed by atoms with E-state index in [9.17, 15) is 4.79 Å². The zero-order valence-corrected chi connectivity index (χ0v) is 9.39. The number of aromatic nitrogens is 1. The van der Waals surface area contributed by atoms with Gasteiger partial charge in [-0.2, -0.15) is 0 Å². The van der Waals surface area contributed by atoms with Crippen LogP contribution in [-0.4, -0.2) is 29.1 Å². The second-order valence-electron chi connectivity index (χ2n) is 4.40. The molecule has 16 heavy (non-hydrogen) atoms. The normalized spacial score (nSPS) is 20.8. The molecule has 0 bridgehead atoms. The van der Waals surface area contributed by atoms with Crippen LogP contribution in [0, 0.1) is 5.92 Å². The molecule has 1 N–H and O–H groups in total. The summed E-state index contributed by atoms with van der Waals surface area (Å²) in [5, 5.41) is 8.91. The molecule has 0 radical (unpaired) electrons. The van der Waals surface area contributed by atoms with Crippen molar-refractivity contribution in [1.82, 2.24) is 4.98 Å². The van der Waals surface area contributed by atoms with Crippen molar-refractivity contribution in [2.45, 2.75) is 19.8 Å². The third kappa shape index (κ3) is 2.32. The Balaban J connectivity index is 2.19. The van der Waals surface area contributed by atoms with E-state index in [4.69, 9.17) is 5.11 Å². The number of carboxylic acid groups (broad SMARTS) is 1. The number of anilines is 1. The number of carbonyl (C=O) groups is 1. The number of aromatic carboxylic acids is 1. The highest BCUT2D eigenvalue weighted by Crippen LogP contribution is 2.21. The first-order chi connectivity index (χ1) is 7.66. The van der Waals surface area contributed by atoms with E-state index in [-0.39, 0.29) is 0 Å². The molecule has 0 spiro atoms. The van der Waals surface area contributed by atoms with Crippen LogP contribution in [0.4, 0.5) is 5.82 Å². The highest BCUT2D eigenvalue weighted by atomic mass is 16.4. The van der Waals surface area contributed by atoms with E-state index in [0.717, 1.165) is 25.3 Å². The highest BCUT2D eigenvalue weighted by molar-refractivity contribution is 5.88. The maximum Gasteiger partial charge on any atom is 0.335 e. The van der Waals surface area contributed by atoms with Crippen LogP contribution < -0.4 is 4.90 Å². The molecule has 0 aromatic carbocycles. The lowest BCUT2D eigenvalue weighted by atomic mass is 10.0. The topological polar surface area (TPSA) is 53.4 Å². The summed E-state index contributed by atoms with van der Waals surface area (Å²) < 4.78 is 0. The molecule has 1 aromatic heterocycles. The first-order valence-corrected chi connectivity index (χ1v) is 5.61. The number of rotatable bonds is 2. The molecule has 2 rings (SSSR count). The Hall–Kier alpha value is -1.58. The predicted octanol–water partition coefficient (Wildman–Crippen LogP) is 2.02. The van der Waals surface area contributed by atoms with Crippen molar-refractivity contribution in [2.75, 3.05) is 18.0 Å². The van der Waals surface area contributed by atoms with Gasteiger partial charge < -0.3 is 10.0 Å². The monoisotopic (exact) mass is 220 g/mol. The summed E-state index contributed by atoms with van der Waals surface area (Å²) in [4.78, 5) is 17.3. The summed E-state index contributed by atoms with van der Waals surface area (Å²) in [7, 11) is 0. The van der Waals surface area contributed by atoms with Crippen LogP contribution in [0.25, 0.3) is 0 Å². The number of hydrogen-bond acceptors (Lipinski definition) is 3. The van der Waals surface area contributed by atoms with Gasteiger partial charge in [-0.25, -0.2) is 9.78 Å². The smallest absolute Gasteiger partial charge is 0.335 e. The number of hydrogen-bond donors (Lipinski definition) is 1. The Morgan fingerprint density at radius 1 is 1.62 bits per heavy atom. The molecule has 1 saturated heterocycles. The standard InChI is InChI=1S/C12H16N2O2/c1-9-3-2-6-14(8-9)11-7-10(12(15)16)4-5-13-11/h4-5,7,9H,2-3,6,8H2,1H3,(H,15,16)/t9-/m0/s1. The second-order valence-corrected chi connectivity index (χ2v) is 4.40. The van der Waals surface area contributed by atoms with E-state index in [1.165, 1.54) is 12.5 Å². The number of piperidine rings is 1. The van der Waals surface area contributed by atoms with E-state index < -0.39 is 5.97 Å². The molecule has 0 aliphatic carbocycles. The third-order valence-corrected chi connectivity index (χ3v) is 2.97. The van der Waals surface area contributed by atoms with Crippen LogP contribution in [0.5, 0.6) is 0 Å². The summed E-state index contributed by atoms with van der Waals surface area (Å²) in [6.45, 7) is 4.16. The van der Waals surface area contributed by atoms with Crippen molar-refractivity contribution < 1.29 is 9.90 Å². The largest absolute Gasteiger partial charge is 0.478 e. The lowest BCUT2D eigenvalue weighted by molar-refractivity contribution is 0.0697. The molecule has 2 heterocycles. The average Bonchev–Trinajstić information content (AvgIpc) is 2.29. The van der Waals surface area contributed by atoms with E-state index in [1.807, 2.05) is 0 Å². The van der Waals surface area contributed by atoms with Crippen molar-refractivity contribution in [2.24, 2.45) is 5.92 Å². The molecule has 1 aliphatic heterocycles. The third-order valence-electron chi connectivity index (χ3n) is 2.97. The first kappa shape index (κ1) is 10.9.